The number of primary amides is 1. The fraction of sp³-hybridized carbons (Fsp3) is 0.500. The third kappa shape index (κ3) is 6.54. The minimum atomic E-state index is -0.987. The molecule has 1 aliphatic carbocycles. The van der Waals surface area contributed by atoms with Gasteiger partial charge in [0.15, 0.2) is 0 Å². The molecule has 2 heterocycles. The summed E-state index contributed by atoms with van der Waals surface area (Å²) in [6, 6.07) is 4.87. The summed E-state index contributed by atoms with van der Waals surface area (Å²) in [6.45, 7) is 3.92. The van der Waals surface area contributed by atoms with E-state index in [0.717, 1.165) is 47.7 Å². The van der Waals surface area contributed by atoms with E-state index in [1.165, 1.54) is 17.4 Å². The Balaban J connectivity index is 1.50. The van der Waals surface area contributed by atoms with E-state index in [2.05, 4.69) is 20.9 Å². The Labute approximate surface area is 222 Å². The standard InChI is InChI=1S/C28H38N6O4/c1-17(2)14-24(35)34-13-12-22(33-28(38)31-19-8-4-3-5-9-19)25(34)27(37)32-23(26(29)36)15-18-16-30-21-11-7-6-10-20(18)21/h6-7,10-11,14,16,19,22-23,25,30H,3-5,8-9,12-13,15H2,1-2H3,(H2,29,36)(H,32,37)(H2,31,33,38)/t22-,23+,25-/m0/s1. The molecule has 38 heavy (non-hydrogen) atoms. The van der Waals surface area contributed by atoms with Crippen molar-refractivity contribution < 1.29 is 19.2 Å². The van der Waals surface area contributed by atoms with E-state index in [-0.39, 0.29) is 24.4 Å². The normalized spacial score (nSPS) is 20.5. The van der Waals surface area contributed by atoms with Crippen LogP contribution in [0.25, 0.3) is 10.9 Å². The van der Waals surface area contributed by atoms with Crippen molar-refractivity contribution >= 4 is 34.7 Å². The molecule has 1 aliphatic heterocycles. The Hall–Kier alpha value is -3.82. The summed E-state index contributed by atoms with van der Waals surface area (Å²) in [4.78, 5) is 56.4. The summed E-state index contributed by atoms with van der Waals surface area (Å²) in [7, 11) is 0. The summed E-state index contributed by atoms with van der Waals surface area (Å²) in [5, 5.41) is 9.64. The fourth-order valence-corrected chi connectivity index (χ4v) is 5.49. The Kier molecular flexibility index (Phi) is 8.70. The molecule has 1 saturated heterocycles. The average Bonchev–Trinajstić information content (AvgIpc) is 3.48. The number of nitrogens with zero attached hydrogens (tertiary/aromatic N) is 1. The molecular formula is C28H38N6O4. The Morgan fingerprint density at radius 2 is 1.82 bits per heavy atom. The summed E-state index contributed by atoms with van der Waals surface area (Å²) >= 11 is 0. The maximum absolute atomic E-state index is 13.6. The first-order valence-electron chi connectivity index (χ1n) is 13.4. The quantitative estimate of drug-likeness (QED) is 0.338. The van der Waals surface area contributed by atoms with Gasteiger partial charge in [-0.1, -0.05) is 43.0 Å². The lowest BCUT2D eigenvalue weighted by atomic mass is 9.96. The number of carbonyl (C=O) groups is 4. The molecule has 2 aliphatic rings. The van der Waals surface area contributed by atoms with Gasteiger partial charge in [0.1, 0.15) is 12.1 Å². The number of hydrogen-bond acceptors (Lipinski definition) is 4. The van der Waals surface area contributed by atoms with Gasteiger partial charge in [0.25, 0.3) is 0 Å². The predicted octanol–water partition coefficient (Wildman–Crippen LogP) is 2.25. The number of carbonyl (C=O) groups excluding carboxylic acids is 4. The molecule has 2 aromatic rings. The highest BCUT2D eigenvalue weighted by Crippen LogP contribution is 2.22. The molecule has 0 radical (unpaired) electrons. The minimum absolute atomic E-state index is 0.108. The summed E-state index contributed by atoms with van der Waals surface area (Å²) in [5.74, 6) is -1.51. The van der Waals surface area contributed by atoms with E-state index in [0.29, 0.717) is 13.0 Å². The van der Waals surface area contributed by atoms with Crippen LogP contribution in [0, 0.1) is 0 Å². The number of likely N-dealkylation sites (tertiary alicyclic amines) is 1. The molecule has 5 amide bonds. The van der Waals surface area contributed by atoms with Crippen LogP contribution in [0.1, 0.15) is 57.9 Å². The first-order chi connectivity index (χ1) is 18.2. The van der Waals surface area contributed by atoms with Gasteiger partial charge in [-0.05, 0) is 44.7 Å². The highest BCUT2D eigenvalue weighted by molar-refractivity contribution is 5.96. The molecule has 0 unspecified atom stereocenters. The van der Waals surface area contributed by atoms with Crippen LogP contribution in [0.3, 0.4) is 0 Å². The molecule has 2 fully saturated rings. The summed E-state index contributed by atoms with van der Waals surface area (Å²) in [6.07, 6.45) is 9.08. The van der Waals surface area contributed by atoms with E-state index in [4.69, 9.17) is 5.73 Å². The first kappa shape index (κ1) is 27.2. The van der Waals surface area contributed by atoms with Crippen molar-refractivity contribution in [2.45, 2.75) is 83.0 Å². The van der Waals surface area contributed by atoms with Gasteiger partial charge in [-0.25, -0.2) is 4.79 Å². The fourth-order valence-electron chi connectivity index (χ4n) is 5.49. The Morgan fingerprint density at radius 3 is 2.53 bits per heavy atom. The van der Waals surface area contributed by atoms with Crippen LogP contribution < -0.4 is 21.7 Å². The molecule has 3 atom stereocenters. The molecule has 0 bridgehead atoms. The number of amides is 5. The molecule has 204 valence electrons. The maximum Gasteiger partial charge on any atom is 0.315 e. The van der Waals surface area contributed by atoms with E-state index < -0.39 is 29.9 Å². The molecule has 10 nitrogen and oxygen atoms in total. The van der Waals surface area contributed by atoms with Crippen LogP contribution in [-0.4, -0.2) is 64.3 Å². The largest absolute Gasteiger partial charge is 0.368 e. The molecular weight excluding hydrogens is 484 g/mol. The Morgan fingerprint density at radius 1 is 1.08 bits per heavy atom. The van der Waals surface area contributed by atoms with E-state index in [9.17, 15) is 19.2 Å². The lowest BCUT2D eigenvalue weighted by molar-refractivity contribution is -0.137. The van der Waals surface area contributed by atoms with Gasteiger partial charge >= 0.3 is 6.03 Å². The van der Waals surface area contributed by atoms with Crippen molar-refractivity contribution in [2.24, 2.45) is 5.73 Å². The molecule has 4 rings (SSSR count). The van der Waals surface area contributed by atoms with Gasteiger partial charge in [0.05, 0.1) is 6.04 Å². The summed E-state index contributed by atoms with van der Waals surface area (Å²) in [5.41, 5.74) is 8.25. The van der Waals surface area contributed by atoms with Crippen LogP contribution in [0.4, 0.5) is 4.79 Å². The zero-order valence-corrected chi connectivity index (χ0v) is 22.1. The van der Waals surface area contributed by atoms with Crippen molar-refractivity contribution in [3.63, 3.8) is 0 Å². The number of aromatic nitrogens is 1. The van der Waals surface area contributed by atoms with Crippen LogP contribution >= 0.6 is 0 Å². The number of hydrogen-bond donors (Lipinski definition) is 5. The molecule has 1 aromatic heterocycles. The number of benzene rings is 1. The second kappa shape index (κ2) is 12.1. The van der Waals surface area contributed by atoms with Crippen LogP contribution in [0.15, 0.2) is 42.1 Å². The van der Waals surface area contributed by atoms with Crippen molar-refractivity contribution in [2.75, 3.05) is 6.54 Å². The molecule has 1 saturated carbocycles. The zero-order chi connectivity index (χ0) is 27.2. The van der Waals surface area contributed by atoms with Gasteiger partial charge in [-0.2, -0.15) is 0 Å². The van der Waals surface area contributed by atoms with Crippen molar-refractivity contribution in [3.8, 4) is 0 Å². The van der Waals surface area contributed by atoms with E-state index in [1.807, 2.05) is 24.3 Å². The number of H-pyrrole nitrogens is 1. The third-order valence-electron chi connectivity index (χ3n) is 7.38. The highest BCUT2D eigenvalue weighted by atomic mass is 16.2. The number of fused-ring (bicyclic) bond motifs is 1. The minimum Gasteiger partial charge on any atom is -0.368 e. The van der Waals surface area contributed by atoms with Crippen molar-refractivity contribution in [1.82, 2.24) is 25.8 Å². The smallest absolute Gasteiger partial charge is 0.315 e. The highest BCUT2D eigenvalue weighted by Gasteiger charge is 2.43. The monoisotopic (exact) mass is 522 g/mol. The number of allylic oxidation sites excluding steroid dienone is 1. The van der Waals surface area contributed by atoms with Gasteiger partial charge in [0, 0.05) is 42.2 Å². The third-order valence-corrected chi connectivity index (χ3v) is 7.38. The topological polar surface area (TPSA) is 149 Å². The second-order valence-electron chi connectivity index (χ2n) is 10.6. The number of para-hydroxylation sites is 1. The number of aromatic amines is 1. The number of urea groups is 1. The molecule has 10 heteroatoms. The SMILES string of the molecule is CC(C)=CC(=O)N1CC[C@H](NC(=O)NC2CCCCC2)[C@H]1C(=O)N[C@H](Cc1c[nH]c2ccccc12)C(N)=O. The molecule has 6 N–H and O–H groups in total. The maximum atomic E-state index is 13.6. The van der Waals surface area contributed by atoms with E-state index in [1.54, 1.807) is 20.0 Å². The van der Waals surface area contributed by atoms with Gasteiger partial charge in [-0.3, -0.25) is 14.4 Å². The predicted molar refractivity (Wildman–Crippen MR) is 145 cm³/mol. The van der Waals surface area contributed by atoms with Gasteiger partial charge < -0.3 is 31.6 Å². The molecule has 1 aromatic carbocycles. The lowest BCUT2D eigenvalue weighted by Crippen LogP contribution is -2.59. The zero-order valence-electron chi connectivity index (χ0n) is 22.1. The second-order valence-corrected chi connectivity index (χ2v) is 10.6. The first-order valence-corrected chi connectivity index (χ1v) is 13.4. The van der Waals surface area contributed by atoms with Crippen LogP contribution in [0.2, 0.25) is 0 Å². The van der Waals surface area contributed by atoms with Crippen LogP contribution in [0.5, 0.6) is 0 Å². The van der Waals surface area contributed by atoms with Crippen LogP contribution in [-0.2, 0) is 20.8 Å². The summed E-state index contributed by atoms with van der Waals surface area (Å²) < 4.78 is 0. The molecule has 0 spiro atoms. The van der Waals surface area contributed by atoms with E-state index >= 15 is 0 Å². The van der Waals surface area contributed by atoms with Crippen molar-refractivity contribution in [3.05, 3.63) is 47.7 Å². The Bertz CT molecular complexity index is 1210. The van der Waals surface area contributed by atoms with Crippen molar-refractivity contribution in [1.29, 1.82) is 0 Å². The number of rotatable bonds is 8. The number of nitrogens with two attached hydrogens (primary N) is 1. The van der Waals surface area contributed by atoms with Gasteiger partial charge in [-0.15, -0.1) is 0 Å². The lowest BCUT2D eigenvalue weighted by Gasteiger charge is -2.29. The van der Waals surface area contributed by atoms with Gasteiger partial charge in [0.2, 0.25) is 17.7 Å². The number of nitrogens with one attached hydrogen (secondary N) is 4. The average molecular weight is 523 g/mol.